The van der Waals surface area contributed by atoms with Crippen LogP contribution in [0.25, 0.3) is 11.5 Å². The molecule has 1 saturated carbocycles. The summed E-state index contributed by atoms with van der Waals surface area (Å²) in [7, 11) is 2.04. The first-order valence-electron chi connectivity index (χ1n) is 8.24. The molecule has 0 unspecified atom stereocenters. The lowest BCUT2D eigenvalue weighted by atomic mass is 10.2. The molecule has 2 heterocycles. The van der Waals surface area contributed by atoms with Crippen LogP contribution in [-0.4, -0.2) is 47.7 Å². The number of anilines is 1. The van der Waals surface area contributed by atoms with Crippen LogP contribution in [0, 0.1) is 5.92 Å². The maximum Gasteiger partial charge on any atom is 0.258 e. The normalized spacial score (nSPS) is 21.6. The smallest absolute Gasteiger partial charge is 0.258 e. The maximum atomic E-state index is 11.9. The lowest BCUT2D eigenvalue weighted by molar-refractivity contribution is -0.117. The van der Waals surface area contributed by atoms with Gasteiger partial charge in [0.15, 0.2) is 0 Å². The summed E-state index contributed by atoms with van der Waals surface area (Å²) in [6.07, 6.45) is 1.79. The van der Waals surface area contributed by atoms with Gasteiger partial charge in [-0.15, -0.1) is 0 Å². The van der Waals surface area contributed by atoms with Crippen molar-refractivity contribution in [3.8, 4) is 11.5 Å². The molecule has 24 heavy (non-hydrogen) atoms. The summed E-state index contributed by atoms with van der Waals surface area (Å²) in [6.45, 7) is 2.31. The van der Waals surface area contributed by atoms with Gasteiger partial charge in [-0.1, -0.05) is 11.2 Å². The van der Waals surface area contributed by atoms with Gasteiger partial charge in [-0.25, -0.2) is 0 Å². The van der Waals surface area contributed by atoms with Crippen molar-refractivity contribution in [2.75, 3.05) is 32.1 Å². The Hall–Kier alpha value is -2.25. The molecule has 126 valence electrons. The third-order valence-corrected chi connectivity index (χ3v) is 4.32. The quantitative estimate of drug-likeness (QED) is 0.925. The molecular weight excluding hydrogens is 308 g/mol. The van der Waals surface area contributed by atoms with Crippen LogP contribution in [0.2, 0.25) is 0 Å². The van der Waals surface area contributed by atoms with Crippen LogP contribution in [0.1, 0.15) is 24.8 Å². The van der Waals surface area contributed by atoms with E-state index in [2.05, 4.69) is 20.4 Å². The first kappa shape index (κ1) is 15.3. The molecule has 0 spiro atoms. The molecule has 2 fully saturated rings. The summed E-state index contributed by atoms with van der Waals surface area (Å²) in [5.41, 5.74) is 1.53. The van der Waals surface area contributed by atoms with Crippen molar-refractivity contribution in [2.24, 2.45) is 5.92 Å². The molecule has 1 atom stereocenters. The largest absolute Gasteiger partial charge is 0.367 e. The topological polar surface area (TPSA) is 80.5 Å². The fourth-order valence-corrected chi connectivity index (χ4v) is 2.74. The molecule has 7 heteroatoms. The Bertz CT molecular complexity index is 741. The van der Waals surface area contributed by atoms with Crippen molar-refractivity contribution < 1.29 is 14.1 Å². The standard InChI is InChI=1S/C17H20N4O3/c1-21-7-8-23-14(10-21)15-19-17(24-20-15)12-3-2-4-13(9-12)18-16(22)11-5-6-11/h2-4,9,11,14H,5-8,10H2,1H3,(H,18,22)/t14-/m0/s1. The molecule has 1 aromatic carbocycles. The van der Waals surface area contributed by atoms with Crippen molar-refractivity contribution in [1.29, 1.82) is 0 Å². The number of nitrogens with zero attached hydrogens (tertiary/aromatic N) is 3. The van der Waals surface area contributed by atoms with E-state index >= 15 is 0 Å². The van der Waals surface area contributed by atoms with E-state index in [1.807, 2.05) is 31.3 Å². The fraction of sp³-hybridized carbons (Fsp3) is 0.471. The van der Waals surface area contributed by atoms with E-state index < -0.39 is 0 Å². The van der Waals surface area contributed by atoms with Crippen LogP contribution < -0.4 is 5.32 Å². The Morgan fingerprint density at radius 1 is 1.38 bits per heavy atom. The molecule has 1 aliphatic heterocycles. The van der Waals surface area contributed by atoms with Gasteiger partial charge >= 0.3 is 0 Å². The second kappa shape index (κ2) is 6.33. The zero-order valence-corrected chi connectivity index (χ0v) is 13.6. The molecule has 1 amide bonds. The number of carbonyl (C=O) groups excluding carboxylic acids is 1. The van der Waals surface area contributed by atoms with E-state index in [0.717, 1.165) is 37.2 Å². The second-order valence-corrected chi connectivity index (χ2v) is 6.42. The van der Waals surface area contributed by atoms with Gasteiger partial charge in [0.1, 0.15) is 6.10 Å². The number of aromatic nitrogens is 2. The Labute approximate surface area is 140 Å². The number of hydrogen-bond acceptors (Lipinski definition) is 6. The summed E-state index contributed by atoms with van der Waals surface area (Å²) in [6, 6.07) is 7.47. The van der Waals surface area contributed by atoms with Gasteiger partial charge in [0.25, 0.3) is 5.89 Å². The third kappa shape index (κ3) is 3.32. The van der Waals surface area contributed by atoms with Crippen LogP contribution in [-0.2, 0) is 9.53 Å². The number of rotatable bonds is 4. The van der Waals surface area contributed by atoms with Gasteiger partial charge in [0.05, 0.1) is 6.61 Å². The molecule has 1 N–H and O–H groups in total. The first-order chi connectivity index (χ1) is 11.7. The summed E-state index contributed by atoms with van der Waals surface area (Å²) < 4.78 is 11.1. The molecule has 0 radical (unpaired) electrons. The van der Waals surface area contributed by atoms with Gasteiger partial charge < -0.3 is 19.5 Å². The van der Waals surface area contributed by atoms with Crippen molar-refractivity contribution in [3.63, 3.8) is 0 Å². The highest BCUT2D eigenvalue weighted by molar-refractivity contribution is 5.94. The number of morpholine rings is 1. The number of carbonyl (C=O) groups is 1. The molecular formula is C17H20N4O3. The van der Waals surface area contributed by atoms with E-state index in [-0.39, 0.29) is 17.9 Å². The predicted octanol–water partition coefficient (Wildman–Crippen LogP) is 2.09. The molecule has 2 aliphatic rings. The van der Waals surface area contributed by atoms with Crippen LogP contribution in [0.4, 0.5) is 5.69 Å². The summed E-state index contributed by atoms with van der Waals surface area (Å²) >= 11 is 0. The fourth-order valence-electron chi connectivity index (χ4n) is 2.74. The average molecular weight is 328 g/mol. The zero-order chi connectivity index (χ0) is 16.5. The Morgan fingerprint density at radius 3 is 3.04 bits per heavy atom. The number of likely N-dealkylation sites (N-methyl/N-ethyl adjacent to an activating group) is 1. The van der Waals surface area contributed by atoms with Crippen LogP contribution in [0.3, 0.4) is 0 Å². The summed E-state index contributed by atoms with van der Waals surface area (Å²) in [4.78, 5) is 18.5. The Balaban J connectivity index is 1.50. The second-order valence-electron chi connectivity index (χ2n) is 6.42. The highest BCUT2D eigenvalue weighted by Crippen LogP contribution is 2.31. The van der Waals surface area contributed by atoms with E-state index in [1.54, 1.807) is 0 Å². The Kier molecular flexibility index (Phi) is 4.03. The van der Waals surface area contributed by atoms with Gasteiger partial charge in [0.2, 0.25) is 11.7 Å². The molecule has 1 aliphatic carbocycles. The maximum absolute atomic E-state index is 11.9. The van der Waals surface area contributed by atoms with E-state index in [1.165, 1.54) is 0 Å². The SMILES string of the molecule is CN1CCO[C@H](c2noc(-c3cccc(NC(=O)C4CC4)c3)n2)C1. The van der Waals surface area contributed by atoms with Gasteiger partial charge in [0, 0.05) is 30.3 Å². The number of ether oxygens (including phenoxy) is 1. The summed E-state index contributed by atoms with van der Waals surface area (Å²) in [5, 5.41) is 6.98. The summed E-state index contributed by atoms with van der Waals surface area (Å²) in [5.74, 6) is 1.24. The minimum absolute atomic E-state index is 0.0806. The van der Waals surface area contributed by atoms with Crippen LogP contribution >= 0.6 is 0 Å². The monoisotopic (exact) mass is 328 g/mol. The van der Waals surface area contributed by atoms with E-state index in [0.29, 0.717) is 18.3 Å². The molecule has 1 aromatic heterocycles. The van der Waals surface area contributed by atoms with Crippen LogP contribution in [0.5, 0.6) is 0 Å². The van der Waals surface area contributed by atoms with Gasteiger partial charge in [-0.2, -0.15) is 4.98 Å². The number of amides is 1. The molecule has 2 aromatic rings. The van der Waals surface area contributed by atoms with E-state index in [9.17, 15) is 4.79 Å². The third-order valence-electron chi connectivity index (χ3n) is 4.32. The number of hydrogen-bond donors (Lipinski definition) is 1. The lowest BCUT2D eigenvalue weighted by Crippen LogP contribution is -2.35. The van der Waals surface area contributed by atoms with Gasteiger partial charge in [-0.05, 0) is 38.1 Å². The minimum Gasteiger partial charge on any atom is -0.367 e. The first-order valence-corrected chi connectivity index (χ1v) is 8.24. The highest BCUT2D eigenvalue weighted by Gasteiger charge is 2.29. The van der Waals surface area contributed by atoms with Crippen molar-refractivity contribution in [2.45, 2.75) is 18.9 Å². The van der Waals surface area contributed by atoms with Crippen LogP contribution in [0.15, 0.2) is 28.8 Å². The van der Waals surface area contributed by atoms with Crippen molar-refractivity contribution >= 4 is 11.6 Å². The lowest BCUT2D eigenvalue weighted by Gasteiger charge is -2.27. The average Bonchev–Trinajstić information content (AvgIpc) is 3.32. The van der Waals surface area contributed by atoms with Gasteiger partial charge in [-0.3, -0.25) is 4.79 Å². The highest BCUT2D eigenvalue weighted by atomic mass is 16.5. The minimum atomic E-state index is -0.168. The molecule has 4 rings (SSSR count). The number of benzene rings is 1. The van der Waals surface area contributed by atoms with Crippen molar-refractivity contribution in [3.05, 3.63) is 30.1 Å². The molecule has 1 saturated heterocycles. The number of nitrogens with one attached hydrogen (secondary N) is 1. The molecule has 7 nitrogen and oxygen atoms in total. The molecule has 0 bridgehead atoms. The van der Waals surface area contributed by atoms with E-state index in [4.69, 9.17) is 9.26 Å². The van der Waals surface area contributed by atoms with Crippen molar-refractivity contribution in [1.82, 2.24) is 15.0 Å². The Morgan fingerprint density at radius 2 is 2.25 bits per heavy atom. The predicted molar refractivity (Wildman–Crippen MR) is 87.3 cm³/mol. The zero-order valence-electron chi connectivity index (χ0n) is 13.6.